The molecule has 90 valence electrons. The van der Waals surface area contributed by atoms with Crippen molar-refractivity contribution in [2.45, 2.75) is 40.2 Å². The summed E-state index contributed by atoms with van der Waals surface area (Å²) in [7, 11) is 0. The van der Waals surface area contributed by atoms with Gasteiger partial charge in [-0.3, -0.25) is 10.1 Å². The first-order chi connectivity index (χ1) is 7.29. The lowest BCUT2D eigenvalue weighted by atomic mass is 10.2. The highest BCUT2D eigenvalue weighted by Crippen LogP contribution is 2.17. The highest BCUT2D eigenvalue weighted by atomic mass is 16.5. The van der Waals surface area contributed by atoms with Crippen molar-refractivity contribution in [3.05, 3.63) is 11.3 Å². The topological polar surface area (TPSA) is 64.4 Å². The SMILES string of the molecule is Cc1noc(NC(=O)COC(C)(C)C)c1C. The van der Waals surface area contributed by atoms with Crippen LogP contribution in [-0.4, -0.2) is 23.3 Å². The Balaban J connectivity index is 2.49. The number of amides is 1. The summed E-state index contributed by atoms with van der Waals surface area (Å²) in [5.74, 6) is 0.147. The number of carbonyl (C=O) groups excluding carboxylic acids is 1. The molecule has 0 fully saturated rings. The van der Waals surface area contributed by atoms with Gasteiger partial charge < -0.3 is 9.26 Å². The van der Waals surface area contributed by atoms with E-state index in [0.29, 0.717) is 5.88 Å². The molecule has 1 heterocycles. The van der Waals surface area contributed by atoms with Crippen molar-refractivity contribution in [2.24, 2.45) is 0 Å². The number of ether oxygens (including phenoxy) is 1. The Labute approximate surface area is 95.1 Å². The number of rotatable bonds is 3. The highest BCUT2D eigenvalue weighted by molar-refractivity contribution is 5.91. The molecule has 0 aromatic carbocycles. The van der Waals surface area contributed by atoms with Crippen molar-refractivity contribution in [3.8, 4) is 0 Å². The maximum atomic E-state index is 11.5. The largest absolute Gasteiger partial charge is 0.366 e. The zero-order chi connectivity index (χ0) is 12.3. The first-order valence-electron chi connectivity index (χ1n) is 5.16. The van der Waals surface area contributed by atoms with Crippen molar-refractivity contribution >= 4 is 11.8 Å². The molecule has 0 aliphatic rings. The average molecular weight is 226 g/mol. The van der Waals surface area contributed by atoms with Crippen LogP contribution in [0.2, 0.25) is 0 Å². The van der Waals surface area contributed by atoms with E-state index < -0.39 is 0 Å². The minimum Gasteiger partial charge on any atom is -0.366 e. The van der Waals surface area contributed by atoms with Gasteiger partial charge >= 0.3 is 0 Å². The van der Waals surface area contributed by atoms with Crippen molar-refractivity contribution in [2.75, 3.05) is 11.9 Å². The standard InChI is InChI=1S/C11H18N2O3/c1-7-8(2)13-16-10(7)12-9(14)6-15-11(3,4)5/h6H2,1-5H3,(H,12,14). The minimum absolute atomic E-state index is 0.00267. The maximum Gasteiger partial charge on any atom is 0.252 e. The first-order valence-corrected chi connectivity index (χ1v) is 5.16. The molecule has 5 heteroatoms. The number of hydrogen-bond donors (Lipinski definition) is 1. The molecule has 0 saturated heterocycles. The van der Waals surface area contributed by atoms with Gasteiger partial charge in [-0.2, -0.15) is 0 Å². The molecule has 0 unspecified atom stereocenters. The van der Waals surface area contributed by atoms with Gasteiger partial charge in [0.1, 0.15) is 6.61 Å². The quantitative estimate of drug-likeness (QED) is 0.856. The maximum absolute atomic E-state index is 11.5. The van der Waals surface area contributed by atoms with E-state index in [-0.39, 0.29) is 18.1 Å². The van der Waals surface area contributed by atoms with Gasteiger partial charge in [-0.15, -0.1) is 0 Å². The van der Waals surface area contributed by atoms with Crippen LogP contribution in [0.4, 0.5) is 5.88 Å². The normalized spacial score (nSPS) is 11.6. The van der Waals surface area contributed by atoms with Crippen LogP contribution in [0, 0.1) is 13.8 Å². The van der Waals surface area contributed by atoms with Crippen LogP contribution in [0.1, 0.15) is 32.0 Å². The van der Waals surface area contributed by atoms with E-state index in [4.69, 9.17) is 9.26 Å². The molecular formula is C11H18N2O3. The van der Waals surface area contributed by atoms with E-state index in [9.17, 15) is 4.79 Å². The zero-order valence-corrected chi connectivity index (χ0v) is 10.4. The molecule has 0 spiro atoms. The van der Waals surface area contributed by atoms with Crippen molar-refractivity contribution < 1.29 is 14.1 Å². The van der Waals surface area contributed by atoms with Crippen molar-refractivity contribution in [1.82, 2.24) is 5.16 Å². The van der Waals surface area contributed by atoms with E-state index >= 15 is 0 Å². The van der Waals surface area contributed by atoms with Gasteiger partial charge in [0.25, 0.3) is 5.91 Å². The van der Waals surface area contributed by atoms with E-state index in [0.717, 1.165) is 11.3 Å². The van der Waals surface area contributed by atoms with Crippen LogP contribution in [0.3, 0.4) is 0 Å². The van der Waals surface area contributed by atoms with Crippen LogP contribution in [0.5, 0.6) is 0 Å². The Kier molecular flexibility index (Phi) is 3.70. The Morgan fingerprint density at radius 2 is 2.06 bits per heavy atom. The van der Waals surface area contributed by atoms with Gasteiger partial charge in [-0.05, 0) is 34.6 Å². The van der Waals surface area contributed by atoms with Gasteiger partial charge in [0.05, 0.1) is 11.3 Å². The lowest BCUT2D eigenvalue weighted by Crippen LogP contribution is -2.27. The number of aromatic nitrogens is 1. The summed E-state index contributed by atoms with van der Waals surface area (Å²) < 4.78 is 10.3. The van der Waals surface area contributed by atoms with Crippen LogP contribution in [-0.2, 0) is 9.53 Å². The second kappa shape index (κ2) is 4.65. The molecule has 1 rings (SSSR count). The number of nitrogens with one attached hydrogen (secondary N) is 1. The molecule has 0 radical (unpaired) electrons. The molecule has 0 atom stereocenters. The molecular weight excluding hydrogens is 208 g/mol. The van der Waals surface area contributed by atoms with Crippen LogP contribution in [0.15, 0.2) is 4.52 Å². The second-order valence-corrected chi connectivity index (χ2v) is 4.67. The summed E-state index contributed by atoms with van der Waals surface area (Å²) >= 11 is 0. The van der Waals surface area contributed by atoms with Gasteiger partial charge in [-0.1, -0.05) is 5.16 Å². The first kappa shape index (κ1) is 12.7. The predicted octanol–water partition coefficient (Wildman–Crippen LogP) is 2.05. The second-order valence-electron chi connectivity index (χ2n) is 4.67. The Bertz CT molecular complexity index is 377. The number of hydrogen-bond acceptors (Lipinski definition) is 4. The average Bonchev–Trinajstić information content (AvgIpc) is 2.46. The van der Waals surface area contributed by atoms with Crippen LogP contribution in [0.25, 0.3) is 0 Å². The summed E-state index contributed by atoms with van der Waals surface area (Å²) in [5, 5.41) is 6.36. The molecule has 0 aliphatic heterocycles. The Morgan fingerprint density at radius 3 is 2.50 bits per heavy atom. The van der Waals surface area contributed by atoms with Gasteiger partial charge in [0.15, 0.2) is 0 Å². The van der Waals surface area contributed by atoms with Gasteiger partial charge in [0, 0.05) is 5.56 Å². The van der Waals surface area contributed by atoms with E-state index in [1.165, 1.54) is 0 Å². The van der Waals surface area contributed by atoms with E-state index in [1.807, 2.05) is 34.6 Å². The third-order valence-corrected chi connectivity index (χ3v) is 2.05. The lowest BCUT2D eigenvalue weighted by molar-refractivity contribution is -0.125. The summed E-state index contributed by atoms with van der Waals surface area (Å²) in [6, 6.07) is 0. The highest BCUT2D eigenvalue weighted by Gasteiger charge is 2.15. The van der Waals surface area contributed by atoms with Gasteiger partial charge in [-0.25, -0.2) is 0 Å². The zero-order valence-electron chi connectivity index (χ0n) is 10.4. The predicted molar refractivity (Wildman–Crippen MR) is 60.3 cm³/mol. The monoisotopic (exact) mass is 226 g/mol. The minimum atomic E-state index is -0.330. The third-order valence-electron chi connectivity index (χ3n) is 2.05. The summed E-state index contributed by atoms with van der Waals surface area (Å²) in [6.07, 6.45) is 0. The fraction of sp³-hybridized carbons (Fsp3) is 0.636. The molecule has 0 bridgehead atoms. The fourth-order valence-electron chi connectivity index (χ4n) is 0.977. The number of nitrogens with zero attached hydrogens (tertiary/aromatic N) is 1. The smallest absolute Gasteiger partial charge is 0.252 e. The molecule has 1 N–H and O–H groups in total. The lowest BCUT2D eigenvalue weighted by Gasteiger charge is -2.18. The molecule has 1 amide bonds. The summed E-state index contributed by atoms with van der Waals surface area (Å²) in [5.41, 5.74) is 1.28. The summed E-state index contributed by atoms with van der Waals surface area (Å²) in [4.78, 5) is 11.5. The summed E-state index contributed by atoms with van der Waals surface area (Å²) in [6.45, 7) is 9.34. The fourth-order valence-corrected chi connectivity index (χ4v) is 0.977. The number of aryl methyl sites for hydroxylation is 1. The van der Waals surface area contributed by atoms with Crippen molar-refractivity contribution in [3.63, 3.8) is 0 Å². The number of anilines is 1. The molecule has 0 aliphatic carbocycles. The van der Waals surface area contributed by atoms with Crippen LogP contribution >= 0.6 is 0 Å². The molecule has 16 heavy (non-hydrogen) atoms. The van der Waals surface area contributed by atoms with E-state index in [2.05, 4.69) is 10.5 Å². The Hall–Kier alpha value is -1.36. The van der Waals surface area contributed by atoms with E-state index in [1.54, 1.807) is 0 Å². The molecule has 0 saturated carbocycles. The molecule has 1 aromatic rings. The Morgan fingerprint density at radius 1 is 1.44 bits per heavy atom. The molecule has 5 nitrogen and oxygen atoms in total. The van der Waals surface area contributed by atoms with Crippen LogP contribution < -0.4 is 5.32 Å². The number of carbonyl (C=O) groups is 1. The van der Waals surface area contributed by atoms with Crippen molar-refractivity contribution in [1.29, 1.82) is 0 Å². The third kappa shape index (κ3) is 3.66. The molecule has 1 aromatic heterocycles. The van der Waals surface area contributed by atoms with Gasteiger partial charge in [0.2, 0.25) is 5.88 Å².